The molecule has 0 saturated carbocycles. The molecular formula is C30H28O12. The van der Waals surface area contributed by atoms with Gasteiger partial charge in [-0.2, -0.15) is 0 Å². The van der Waals surface area contributed by atoms with E-state index in [0.717, 1.165) is 12.1 Å². The molecule has 0 amide bonds. The number of Topliss-reactive ketones (excluding diaryl/α,β-unsaturated/α-hetero) is 1. The minimum atomic E-state index is -1.72. The van der Waals surface area contributed by atoms with Gasteiger partial charge in [-0.15, -0.1) is 0 Å². The highest BCUT2D eigenvalue weighted by molar-refractivity contribution is 6.02. The SMILES string of the molecule is O=C(C=Cc1ccccc1)O[C@H]1[C@H](Oc2cc(O)c3c(c2)O[C@H](c2ccc(O)c(O)c2)CC3=O)O[C@H](CO)[C@@H](O)[C@@H]1O. The summed E-state index contributed by atoms with van der Waals surface area (Å²) >= 11 is 0. The number of benzene rings is 3. The van der Waals surface area contributed by atoms with E-state index in [9.17, 15) is 40.2 Å². The zero-order valence-electron chi connectivity index (χ0n) is 21.9. The number of carbonyl (C=O) groups is 2. The van der Waals surface area contributed by atoms with Crippen LogP contribution >= 0.6 is 0 Å². The molecule has 0 bridgehead atoms. The predicted octanol–water partition coefficient (Wildman–Crippen LogP) is 1.95. The molecule has 3 aromatic rings. The summed E-state index contributed by atoms with van der Waals surface area (Å²) in [5.41, 5.74) is 0.996. The van der Waals surface area contributed by atoms with Gasteiger partial charge in [0.25, 0.3) is 0 Å². The van der Waals surface area contributed by atoms with E-state index >= 15 is 0 Å². The van der Waals surface area contributed by atoms with Gasteiger partial charge in [0.1, 0.15) is 47.2 Å². The molecule has 1 saturated heterocycles. The average Bonchev–Trinajstić information content (AvgIpc) is 2.97. The van der Waals surface area contributed by atoms with Crippen molar-refractivity contribution in [1.29, 1.82) is 0 Å². The molecule has 6 atom stereocenters. The van der Waals surface area contributed by atoms with Gasteiger partial charge in [0.15, 0.2) is 23.4 Å². The molecule has 3 aromatic carbocycles. The van der Waals surface area contributed by atoms with Crippen LogP contribution in [0.5, 0.6) is 28.7 Å². The lowest BCUT2D eigenvalue weighted by molar-refractivity contribution is -0.281. The molecule has 0 unspecified atom stereocenters. The molecule has 0 spiro atoms. The van der Waals surface area contributed by atoms with Gasteiger partial charge < -0.3 is 49.6 Å². The number of fused-ring (bicyclic) bond motifs is 1. The molecule has 42 heavy (non-hydrogen) atoms. The number of ketones is 1. The number of phenols is 3. The Morgan fingerprint density at radius 3 is 2.43 bits per heavy atom. The van der Waals surface area contributed by atoms with Crippen molar-refractivity contribution in [2.24, 2.45) is 0 Å². The summed E-state index contributed by atoms with van der Waals surface area (Å²) < 4.78 is 22.7. The average molecular weight is 581 g/mol. The van der Waals surface area contributed by atoms with E-state index in [2.05, 4.69) is 0 Å². The Balaban J connectivity index is 1.39. The molecule has 12 heteroatoms. The molecule has 220 valence electrons. The topological polar surface area (TPSA) is 192 Å². The van der Waals surface area contributed by atoms with Crippen molar-refractivity contribution in [2.75, 3.05) is 6.61 Å². The lowest BCUT2D eigenvalue weighted by Crippen LogP contribution is -2.61. The Bertz CT molecular complexity index is 1490. The number of aliphatic hydroxyl groups excluding tert-OH is 3. The third-order valence-corrected chi connectivity index (χ3v) is 6.89. The van der Waals surface area contributed by atoms with Gasteiger partial charge in [-0.3, -0.25) is 4.79 Å². The second kappa shape index (κ2) is 12.1. The van der Waals surface area contributed by atoms with Crippen molar-refractivity contribution in [3.05, 3.63) is 83.4 Å². The first kappa shape index (κ1) is 28.9. The third-order valence-electron chi connectivity index (χ3n) is 6.89. The second-order valence-corrected chi connectivity index (χ2v) is 9.77. The van der Waals surface area contributed by atoms with Crippen LogP contribution < -0.4 is 9.47 Å². The Labute approximate surface area is 239 Å². The van der Waals surface area contributed by atoms with Crippen LogP contribution in [0.25, 0.3) is 6.08 Å². The van der Waals surface area contributed by atoms with Crippen LogP contribution in [0, 0.1) is 0 Å². The van der Waals surface area contributed by atoms with E-state index < -0.39 is 66.7 Å². The lowest BCUT2D eigenvalue weighted by Gasteiger charge is -2.41. The lowest BCUT2D eigenvalue weighted by atomic mass is 9.95. The fourth-order valence-electron chi connectivity index (χ4n) is 4.72. The fourth-order valence-corrected chi connectivity index (χ4v) is 4.72. The molecule has 12 nitrogen and oxygen atoms in total. The fraction of sp³-hybridized carbons (Fsp3) is 0.267. The largest absolute Gasteiger partial charge is 0.507 e. The Morgan fingerprint density at radius 2 is 1.71 bits per heavy atom. The summed E-state index contributed by atoms with van der Waals surface area (Å²) in [5, 5.41) is 60.9. The number of aromatic hydroxyl groups is 3. The molecule has 5 rings (SSSR count). The maximum atomic E-state index is 12.9. The van der Waals surface area contributed by atoms with Crippen molar-refractivity contribution < 1.29 is 59.2 Å². The van der Waals surface area contributed by atoms with Gasteiger partial charge in [-0.25, -0.2) is 4.79 Å². The molecule has 2 heterocycles. The van der Waals surface area contributed by atoms with Crippen LogP contribution in [-0.2, 0) is 14.3 Å². The molecule has 1 fully saturated rings. The zero-order valence-corrected chi connectivity index (χ0v) is 21.9. The summed E-state index contributed by atoms with van der Waals surface area (Å²) in [6.45, 7) is -0.694. The smallest absolute Gasteiger partial charge is 0.331 e. The first-order chi connectivity index (χ1) is 20.1. The van der Waals surface area contributed by atoms with Crippen LogP contribution in [0.2, 0.25) is 0 Å². The van der Waals surface area contributed by atoms with Crippen molar-refractivity contribution in [3.8, 4) is 28.7 Å². The Kier molecular flexibility index (Phi) is 8.31. The number of hydrogen-bond donors (Lipinski definition) is 6. The number of aliphatic hydroxyl groups is 3. The minimum absolute atomic E-state index is 0.0618. The number of esters is 1. The quantitative estimate of drug-likeness (QED) is 0.135. The highest BCUT2D eigenvalue weighted by atomic mass is 16.7. The van der Waals surface area contributed by atoms with Crippen LogP contribution in [-0.4, -0.2) is 79.7 Å². The van der Waals surface area contributed by atoms with Crippen molar-refractivity contribution >= 4 is 17.8 Å². The van der Waals surface area contributed by atoms with E-state index in [-0.39, 0.29) is 29.2 Å². The van der Waals surface area contributed by atoms with Crippen LogP contribution in [0.1, 0.15) is 34.0 Å². The zero-order chi connectivity index (χ0) is 30.0. The third kappa shape index (κ3) is 6.02. The molecule has 0 radical (unpaired) electrons. The highest BCUT2D eigenvalue weighted by Gasteiger charge is 2.48. The standard InChI is InChI=1S/C30H28O12/c31-14-24-27(37)28(38)29(42-25(36)9-6-15-4-2-1-3-5-15)30(41-24)39-17-11-20(34)26-21(35)13-22(40-23(26)12-17)16-7-8-18(32)19(33)10-16/h1-12,22,24,27-34,37-38H,13-14H2/t22-,24+,27+,28-,29+,30+/m0/s1. The predicted molar refractivity (Wildman–Crippen MR) is 144 cm³/mol. The second-order valence-electron chi connectivity index (χ2n) is 9.77. The van der Waals surface area contributed by atoms with Crippen LogP contribution in [0.15, 0.2) is 66.7 Å². The van der Waals surface area contributed by atoms with E-state index in [4.69, 9.17) is 18.9 Å². The first-order valence-corrected chi connectivity index (χ1v) is 13.0. The van der Waals surface area contributed by atoms with Gasteiger partial charge in [-0.05, 0) is 29.3 Å². The number of rotatable bonds is 7. The van der Waals surface area contributed by atoms with Crippen LogP contribution in [0.4, 0.5) is 0 Å². The maximum Gasteiger partial charge on any atom is 0.331 e. The van der Waals surface area contributed by atoms with E-state index in [1.54, 1.807) is 24.3 Å². The van der Waals surface area contributed by atoms with Crippen LogP contribution in [0.3, 0.4) is 0 Å². The molecule has 6 N–H and O–H groups in total. The number of phenolic OH excluding ortho intramolecular Hbond substituents is 3. The van der Waals surface area contributed by atoms with Crippen molar-refractivity contribution in [3.63, 3.8) is 0 Å². The van der Waals surface area contributed by atoms with Gasteiger partial charge in [0.2, 0.25) is 6.29 Å². The summed E-state index contributed by atoms with van der Waals surface area (Å²) in [4.78, 5) is 25.5. The highest BCUT2D eigenvalue weighted by Crippen LogP contribution is 2.43. The number of hydrogen-bond acceptors (Lipinski definition) is 12. The Morgan fingerprint density at radius 1 is 0.952 bits per heavy atom. The van der Waals surface area contributed by atoms with Gasteiger partial charge >= 0.3 is 5.97 Å². The molecule has 2 aliphatic rings. The van der Waals surface area contributed by atoms with E-state index in [1.807, 2.05) is 6.07 Å². The van der Waals surface area contributed by atoms with Gasteiger partial charge in [-0.1, -0.05) is 36.4 Å². The minimum Gasteiger partial charge on any atom is -0.507 e. The normalized spacial score (nSPS) is 25.5. The van der Waals surface area contributed by atoms with Gasteiger partial charge in [0, 0.05) is 18.2 Å². The summed E-state index contributed by atoms with van der Waals surface area (Å²) in [6, 6.07) is 15.2. The van der Waals surface area contributed by atoms with Gasteiger partial charge in [0.05, 0.1) is 13.0 Å². The summed E-state index contributed by atoms with van der Waals surface area (Å²) in [6.07, 6.45) is -6.17. The number of ether oxygens (including phenoxy) is 4. The Hall–Kier alpha value is -4.62. The maximum absolute atomic E-state index is 12.9. The van der Waals surface area contributed by atoms with Crippen molar-refractivity contribution in [2.45, 2.75) is 43.2 Å². The monoisotopic (exact) mass is 580 g/mol. The number of carbonyl (C=O) groups excluding carboxylic acids is 2. The summed E-state index contributed by atoms with van der Waals surface area (Å²) in [7, 11) is 0. The summed E-state index contributed by atoms with van der Waals surface area (Å²) in [5.74, 6) is -2.73. The molecule has 0 aliphatic carbocycles. The molecule has 2 aliphatic heterocycles. The van der Waals surface area contributed by atoms with Crippen molar-refractivity contribution in [1.82, 2.24) is 0 Å². The molecular weight excluding hydrogens is 552 g/mol. The van der Waals surface area contributed by atoms with E-state index in [1.165, 1.54) is 30.3 Å². The van der Waals surface area contributed by atoms with E-state index in [0.29, 0.717) is 11.1 Å². The molecule has 0 aromatic heterocycles. The first-order valence-electron chi connectivity index (χ1n) is 13.0.